The van der Waals surface area contributed by atoms with Gasteiger partial charge in [-0.05, 0) is 38.2 Å². The van der Waals surface area contributed by atoms with E-state index in [4.69, 9.17) is 0 Å². The molecule has 0 saturated heterocycles. The van der Waals surface area contributed by atoms with Crippen molar-refractivity contribution >= 4 is 27.6 Å². The standard InChI is InChI=1S/C21H26N4OS/c1-25(2)15-18(16-9-4-3-5-10-16)24-21(26)22-14-8-13-20-23-17-11-6-7-12-19(17)27-20/h3-7,9-12,18H,8,13-15H2,1-2H3,(H2,22,24,26). The lowest BCUT2D eigenvalue weighted by molar-refractivity contribution is 0.233. The first-order chi connectivity index (χ1) is 13.1. The van der Waals surface area contributed by atoms with Gasteiger partial charge in [0.1, 0.15) is 0 Å². The molecule has 1 aromatic heterocycles. The minimum absolute atomic E-state index is 0.0366. The number of fused-ring (bicyclic) bond motifs is 1. The number of aryl methyl sites for hydroxylation is 1. The van der Waals surface area contributed by atoms with Crippen LogP contribution in [-0.4, -0.2) is 43.1 Å². The van der Waals surface area contributed by atoms with Crippen LogP contribution in [0, 0.1) is 0 Å². The molecule has 0 spiro atoms. The van der Waals surface area contributed by atoms with Crippen LogP contribution in [0.4, 0.5) is 4.79 Å². The van der Waals surface area contributed by atoms with E-state index in [1.54, 1.807) is 11.3 Å². The van der Waals surface area contributed by atoms with Gasteiger partial charge in [-0.15, -0.1) is 11.3 Å². The third kappa shape index (κ3) is 5.77. The molecule has 1 heterocycles. The number of likely N-dealkylation sites (N-methyl/N-ethyl adjacent to an activating group) is 1. The number of hydrogen-bond acceptors (Lipinski definition) is 4. The Labute approximate surface area is 164 Å². The second-order valence-corrected chi connectivity index (χ2v) is 7.92. The number of carbonyl (C=O) groups is 1. The average molecular weight is 383 g/mol. The number of nitrogens with zero attached hydrogens (tertiary/aromatic N) is 2. The van der Waals surface area contributed by atoms with Crippen LogP contribution in [0.5, 0.6) is 0 Å². The monoisotopic (exact) mass is 382 g/mol. The van der Waals surface area contributed by atoms with Crippen molar-refractivity contribution in [1.29, 1.82) is 0 Å². The lowest BCUT2D eigenvalue weighted by atomic mass is 10.1. The van der Waals surface area contributed by atoms with Crippen molar-refractivity contribution < 1.29 is 4.79 Å². The quantitative estimate of drug-likeness (QED) is 0.582. The summed E-state index contributed by atoms with van der Waals surface area (Å²) in [7, 11) is 4.01. The zero-order valence-electron chi connectivity index (χ0n) is 15.8. The van der Waals surface area contributed by atoms with Crippen LogP contribution in [0.25, 0.3) is 10.2 Å². The molecule has 2 N–H and O–H groups in total. The zero-order valence-corrected chi connectivity index (χ0v) is 16.6. The second-order valence-electron chi connectivity index (χ2n) is 6.80. The van der Waals surface area contributed by atoms with Gasteiger partial charge in [0.15, 0.2) is 0 Å². The molecule has 1 atom stereocenters. The van der Waals surface area contributed by atoms with Crippen LogP contribution in [0.3, 0.4) is 0 Å². The van der Waals surface area contributed by atoms with Gasteiger partial charge in [-0.1, -0.05) is 42.5 Å². The van der Waals surface area contributed by atoms with E-state index in [-0.39, 0.29) is 12.1 Å². The first kappa shape index (κ1) is 19.3. The molecule has 27 heavy (non-hydrogen) atoms. The summed E-state index contributed by atoms with van der Waals surface area (Å²) < 4.78 is 1.22. The maximum Gasteiger partial charge on any atom is 0.315 e. The number of para-hydroxylation sites is 1. The van der Waals surface area contributed by atoms with E-state index in [1.807, 2.05) is 62.6 Å². The Kier molecular flexibility index (Phi) is 6.79. The molecule has 142 valence electrons. The molecule has 1 unspecified atom stereocenters. The van der Waals surface area contributed by atoms with Crippen molar-refractivity contribution in [1.82, 2.24) is 20.5 Å². The molecule has 0 bridgehead atoms. The highest BCUT2D eigenvalue weighted by molar-refractivity contribution is 7.18. The van der Waals surface area contributed by atoms with Gasteiger partial charge in [0.25, 0.3) is 0 Å². The number of amides is 2. The molecule has 0 fully saturated rings. The number of rotatable bonds is 8. The van der Waals surface area contributed by atoms with E-state index in [9.17, 15) is 4.79 Å². The molecule has 3 rings (SSSR count). The van der Waals surface area contributed by atoms with Crippen molar-refractivity contribution in [2.45, 2.75) is 18.9 Å². The molecule has 2 aromatic carbocycles. The maximum atomic E-state index is 12.3. The third-order valence-corrected chi connectivity index (χ3v) is 5.34. The molecular weight excluding hydrogens is 356 g/mol. The molecular formula is C21H26N4OS. The molecule has 0 aliphatic rings. The summed E-state index contributed by atoms with van der Waals surface area (Å²) in [5.41, 5.74) is 2.16. The van der Waals surface area contributed by atoms with Crippen LogP contribution < -0.4 is 10.6 Å². The Morgan fingerprint density at radius 2 is 1.85 bits per heavy atom. The van der Waals surface area contributed by atoms with Gasteiger partial charge in [-0.3, -0.25) is 0 Å². The highest BCUT2D eigenvalue weighted by Gasteiger charge is 2.15. The second kappa shape index (κ2) is 9.48. The van der Waals surface area contributed by atoms with Gasteiger partial charge < -0.3 is 15.5 Å². The van der Waals surface area contributed by atoms with Gasteiger partial charge in [-0.2, -0.15) is 0 Å². The van der Waals surface area contributed by atoms with E-state index >= 15 is 0 Å². The lowest BCUT2D eigenvalue weighted by Crippen LogP contribution is -2.41. The average Bonchev–Trinajstić information content (AvgIpc) is 3.08. The fourth-order valence-corrected chi connectivity index (χ4v) is 3.97. The summed E-state index contributed by atoms with van der Waals surface area (Å²) in [6.45, 7) is 1.38. The van der Waals surface area contributed by atoms with Crippen molar-refractivity contribution in [3.05, 3.63) is 65.2 Å². The van der Waals surface area contributed by atoms with E-state index in [0.29, 0.717) is 6.54 Å². The summed E-state index contributed by atoms with van der Waals surface area (Å²) in [5, 5.41) is 7.17. The fourth-order valence-electron chi connectivity index (χ4n) is 2.96. The first-order valence-electron chi connectivity index (χ1n) is 9.20. The van der Waals surface area contributed by atoms with Gasteiger partial charge in [0, 0.05) is 19.5 Å². The van der Waals surface area contributed by atoms with Crippen molar-refractivity contribution in [2.75, 3.05) is 27.2 Å². The molecule has 2 amide bonds. The maximum absolute atomic E-state index is 12.3. The van der Waals surface area contributed by atoms with E-state index in [1.165, 1.54) is 4.70 Å². The van der Waals surface area contributed by atoms with E-state index < -0.39 is 0 Å². The first-order valence-corrected chi connectivity index (χ1v) is 10.0. The zero-order chi connectivity index (χ0) is 19.1. The van der Waals surface area contributed by atoms with E-state index in [2.05, 4.69) is 26.6 Å². The van der Waals surface area contributed by atoms with Gasteiger partial charge in [0.05, 0.1) is 21.3 Å². The summed E-state index contributed by atoms with van der Waals surface area (Å²) in [5.74, 6) is 0. The molecule has 0 aliphatic carbocycles. The largest absolute Gasteiger partial charge is 0.338 e. The number of hydrogen-bond donors (Lipinski definition) is 2. The number of urea groups is 1. The van der Waals surface area contributed by atoms with Crippen molar-refractivity contribution in [3.8, 4) is 0 Å². The van der Waals surface area contributed by atoms with Gasteiger partial charge in [0.2, 0.25) is 0 Å². The van der Waals surface area contributed by atoms with E-state index in [0.717, 1.165) is 35.5 Å². The molecule has 0 aliphatic heterocycles. The summed E-state index contributed by atoms with van der Waals surface area (Å²) in [6.07, 6.45) is 1.75. The number of carbonyl (C=O) groups excluding carboxylic acids is 1. The number of aromatic nitrogens is 1. The molecule has 6 heteroatoms. The highest BCUT2D eigenvalue weighted by atomic mass is 32.1. The molecule has 5 nitrogen and oxygen atoms in total. The molecule has 0 saturated carbocycles. The Balaban J connectivity index is 1.46. The SMILES string of the molecule is CN(C)CC(NC(=O)NCCCc1nc2ccccc2s1)c1ccccc1. The predicted octanol–water partition coefficient (Wildman–Crippen LogP) is 3.83. The van der Waals surface area contributed by atoms with Crippen molar-refractivity contribution in [3.63, 3.8) is 0 Å². The van der Waals surface area contributed by atoms with Crippen LogP contribution >= 0.6 is 11.3 Å². The topological polar surface area (TPSA) is 57.3 Å². The summed E-state index contributed by atoms with van der Waals surface area (Å²) >= 11 is 1.73. The summed E-state index contributed by atoms with van der Waals surface area (Å²) in [6, 6.07) is 18.1. The smallest absolute Gasteiger partial charge is 0.315 e. The fraction of sp³-hybridized carbons (Fsp3) is 0.333. The van der Waals surface area contributed by atoms with Crippen molar-refractivity contribution in [2.24, 2.45) is 0 Å². The minimum Gasteiger partial charge on any atom is -0.338 e. The molecule has 3 aromatic rings. The predicted molar refractivity (Wildman–Crippen MR) is 112 cm³/mol. The van der Waals surface area contributed by atoms with Crippen LogP contribution in [0.15, 0.2) is 54.6 Å². The highest BCUT2D eigenvalue weighted by Crippen LogP contribution is 2.22. The Morgan fingerprint density at radius 3 is 2.59 bits per heavy atom. The Morgan fingerprint density at radius 1 is 1.11 bits per heavy atom. The van der Waals surface area contributed by atoms with Crippen LogP contribution in [-0.2, 0) is 6.42 Å². The normalized spacial score (nSPS) is 12.3. The molecule has 0 radical (unpaired) electrons. The van der Waals surface area contributed by atoms with Gasteiger partial charge in [-0.25, -0.2) is 9.78 Å². The number of nitrogens with one attached hydrogen (secondary N) is 2. The Hall–Kier alpha value is -2.44. The Bertz CT molecular complexity index is 830. The summed E-state index contributed by atoms with van der Waals surface area (Å²) in [4.78, 5) is 19.0. The minimum atomic E-state index is -0.130. The third-order valence-electron chi connectivity index (χ3n) is 4.25. The number of benzene rings is 2. The van der Waals surface area contributed by atoms with Crippen LogP contribution in [0.1, 0.15) is 23.0 Å². The van der Waals surface area contributed by atoms with Gasteiger partial charge >= 0.3 is 6.03 Å². The number of thiazole rings is 1. The lowest BCUT2D eigenvalue weighted by Gasteiger charge is -2.23. The van der Waals surface area contributed by atoms with Crippen LogP contribution in [0.2, 0.25) is 0 Å².